The first-order chi connectivity index (χ1) is 12.6. The molecule has 4 aromatic rings. The van der Waals surface area contributed by atoms with Gasteiger partial charge in [0.25, 0.3) is 5.91 Å². The van der Waals surface area contributed by atoms with Gasteiger partial charge in [0, 0.05) is 13.6 Å². The lowest BCUT2D eigenvalue weighted by Gasteiger charge is -2.15. The Morgan fingerprint density at radius 3 is 2.62 bits per heavy atom. The van der Waals surface area contributed by atoms with Crippen LogP contribution >= 0.6 is 11.3 Å². The summed E-state index contributed by atoms with van der Waals surface area (Å²) in [6.07, 6.45) is 0. The van der Waals surface area contributed by atoms with Gasteiger partial charge in [0.2, 0.25) is 0 Å². The van der Waals surface area contributed by atoms with Gasteiger partial charge in [0.1, 0.15) is 0 Å². The number of aryl methyl sites for hydroxylation is 1. The molecule has 0 spiro atoms. The standard InChI is InChI=1S/C21H18N2O2S/c1-14-7-9-15(10-8-14)13-23(2)21(24)18-12-11-17(25-18)20-22-16-5-3-4-6-19(16)26-20/h3-12H,13H2,1-2H3. The second-order valence-corrected chi connectivity index (χ2v) is 7.33. The third-order valence-corrected chi connectivity index (χ3v) is 5.26. The fourth-order valence-corrected chi connectivity index (χ4v) is 3.70. The number of rotatable bonds is 4. The Kier molecular flexibility index (Phi) is 4.31. The van der Waals surface area contributed by atoms with E-state index in [0.717, 1.165) is 20.8 Å². The molecule has 2 aromatic heterocycles. The van der Waals surface area contributed by atoms with Gasteiger partial charge in [-0.05, 0) is 36.8 Å². The largest absolute Gasteiger partial charge is 0.448 e. The Balaban J connectivity index is 1.53. The van der Waals surface area contributed by atoms with E-state index in [2.05, 4.69) is 4.98 Å². The molecule has 0 aliphatic carbocycles. The van der Waals surface area contributed by atoms with Crippen LogP contribution < -0.4 is 0 Å². The minimum Gasteiger partial charge on any atom is -0.448 e. The van der Waals surface area contributed by atoms with Crippen LogP contribution in [-0.4, -0.2) is 22.8 Å². The van der Waals surface area contributed by atoms with Gasteiger partial charge in [0.15, 0.2) is 16.5 Å². The normalized spacial score (nSPS) is 11.0. The van der Waals surface area contributed by atoms with Crippen molar-refractivity contribution in [3.63, 3.8) is 0 Å². The first-order valence-electron chi connectivity index (χ1n) is 8.37. The number of hydrogen-bond acceptors (Lipinski definition) is 4. The molecule has 0 fully saturated rings. The van der Waals surface area contributed by atoms with E-state index >= 15 is 0 Å². The lowest BCUT2D eigenvalue weighted by atomic mass is 10.1. The van der Waals surface area contributed by atoms with E-state index in [4.69, 9.17) is 4.42 Å². The van der Waals surface area contributed by atoms with Crippen molar-refractivity contribution in [3.05, 3.63) is 77.6 Å². The van der Waals surface area contributed by atoms with Crippen molar-refractivity contribution in [2.24, 2.45) is 0 Å². The summed E-state index contributed by atoms with van der Waals surface area (Å²) in [5, 5.41) is 0.784. The Labute approximate surface area is 155 Å². The summed E-state index contributed by atoms with van der Waals surface area (Å²) >= 11 is 1.56. The lowest BCUT2D eigenvalue weighted by Crippen LogP contribution is -2.25. The molecule has 0 atom stereocenters. The van der Waals surface area contributed by atoms with E-state index in [1.165, 1.54) is 5.56 Å². The topological polar surface area (TPSA) is 46.3 Å². The van der Waals surface area contributed by atoms with Crippen LogP contribution in [0.1, 0.15) is 21.7 Å². The summed E-state index contributed by atoms with van der Waals surface area (Å²) in [6, 6.07) is 19.6. The summed E-state index contributed by atoms with van der Waals surface area (Å²) < 4.78 is 6.90. The number of benzene rings is 2. The molecule has 130 valence electrons. The highest BCUT2D eigenvalue weighted by Crippen LogP contribution is 2.31. The molecule has 0 saturated carbocycles. The molecule has 0 unspecified atom stereocenters. The van der Waals surface area contributed by atoms with E-state index in [-0.39, 0.29) is 5.91 Å². The zero-order valence-electron chi connectivity index (χ0n) is 14.6. The van der Waals surface area contributed by atoms with Crippen molar-refractivity contribution in [1.29, 1.82) is 0 Å². The molecule has 26 heavy (non-hydrogen) atoms. The van der Waals surface area contributed by atoms with Crippen molar-refractivity contribution in [1.82, 2.24) is 9.88 Å². The molecule has 2 aromatic carbocycles. The molecular formula is C21H18N2O2S. The van der Waals surface area contributed by atoms with Gasteiger partial charge in [-0.1, -0.05) is 42.0 Å². The smallest absolute Gasteiger partial charge is 0.289 e. The lowest BCUT2D eigenvalue weighted by molar-refractivity contribution is 0.0754. The van der Waals surface area contributed by atoms with E-state index in [1.54, 1.807) is 29.4 Å². The Hall–Kier alpha value is -2.92. The summed E-state index contributed by atoms with van der Waals surface area (Å²) in [5.74, 6) is 0.810. The Morgan fingerprint density at radius 1 is 1.08 bits per heavy atom. The molecule has 4 rings (SSSR count). The van der Waals surface area contributed by atoms with Gasteiger partial charge in [-0.3, -0.25) is 4.79 Å². The quantitative estimate of drug-likeness (QED) is 0.505. The number of para-hydroxylation sites is 1. The van der Waals surface area contributed by atoms with E-state index in [9.17, 15) is 4.79 Å². The zero-order chi connectivity index (χ0) is 18.1. The molecule has 0 bridgehead atoms. The number of thiazole rings is 1. The number of fused-ring (bicyclic) bond motifs is 1. The monoisotopic (exact) mass is 362 g/mol. The molecule has 2 heterocycles. The summed E-state index contributed by atoms with van der Waals surface area (Å²) in [7, 11) is 1.78. The number of hydrogen-bond donors (Lipinski definition) is 0. The highest BCUT2D eigenvalue weighted by Gasteiger charge is 2.18. The van der Waals surface area contributed by atoms with Crippen molar-refractivity contribution in [3.8, 4) is 10.8 Å². The van der Waals surface area contributed by atoms with Crippen molar-refractivity contribution in [2.45, 2.75) is 13.5 Å². The maximum atomic E-state index is 12.6. The Bertz CT molecular complexity index is 1030. The van der Waals surface area contributed by atoms with Crippen molar-refractivity contribution in [2.75, 3.05) is 7.05 Å². The fraction of sp³-hybridized carbons (Fsp3) is 0.143. The molecule has 0 aliphatic rings. The maximum absolute atomic E-state index is 12.6. The van der Waals surface area contributed by atoms with Crippen LogP contribution in [0.2, 0.25) is 0 Å². The summed E-state index contributed by atoms with van der Waals surface area (Å²) in [6.45, 7) is 2.58. The van der Waals surface area contributed by atoms with Crippen LogP contribution in [0.4, 0.5) is 0 Å². The third-order valence-electron chi connectivity index (χ3n) is 4.21. The van der Waals surface area contributed by atoms with Crippen molar-refractivity contribution < 1.29 is 9.21 Å². The van der Waals surface area contributed by atoms with Gasteiger partial charge in [0.05, 0.1) is 10.2 Å². The SMILES string of the molecule is Cc1ccc(CN(C)C(=O)c2ccc(-c3nc4ccccc4s3)o2)cc1. The van der Waals surface area contributed by atoms with Gasteiger partial charge in [-0.2, -0.15) is 0 Å². The van der Waals surface area contributed by atoms with Crippen LogP contribution in [-0.2, 0) is 6.54 Å². The maximum Gasteiger partial charge on any atom is 0.289 e. The van der Waals surface area contributed by atoms with Gasteiger partial charge in [-0.15, -0.1) is 11.3 Å². The van der Waals surface area contributed by atoms with Crippen molar-refractivity contribution >= 4 is 27.5 Å². The first kappa shape index (κ1) is 16.5. The van der Waals surface area contributed by atoms with Gasteiger partial charge >= 0.3 is 0 Å². The number of furan rings is 1. The fourth-order valence-electron chi connectivity index (χ4n) is 2.77. The summed E-state index contributed by atoms with van der Waals surface area (Å²) in [4.78, 5) is 18.9. The molecule has 1 amide bonds. The molecular weight excluding hydrogens is 344 g/mol. The number of amides is 1. The highest BCUT2D eigenvalue weighted by molar-refractivity contribution is 7.21. The summed E-state index contributed by atoms with van der Waals surface area (Å²) in [5.41, 5.74) is 3.23. The second kappa shape index (κ2) is 6.77. The van der Waals surface area contributed by atoms with E-state index in [0.29, 0.717) is 18.1 Å². The van der Waals surface area contributed by atoms with Gasteiger partial charge < -0.3 is 9.32 Å². The van der Waals surface area contributed by atoms with Crippen LogP contribution in [0.5, 0.6) is 0 Å². The molecule has 5 heteroatoms. The highest BCUT2D eigenvalue weighted by atomic mass is 32.1. The third kappa shape index (κ3) is 3.26. The number of carbonyl (C=O) groups is 1. The van der Waals surface area contributed by atoms with Crippen LogP contribution in [0.25, 0.3) is 21.0 Å². The number of carbonyl (C=O) groups excluding carboxylic acids is 1. The first-order valence-corrected chi connectivity index (χ1v) is 9.18. The average molecular weight is 362 g/mol. The molecule has 4 nitrogen and oxygen atoms in total. The number of nitrogens with zero attached hydrogens (tertiary/aromatic N) is 2. The van der Waals surface area contributed by atoms with Crippen LogP contribution in [0, 0.1) is 6.92 Å². The molecule has 0 radical (unpaired) electrons. The molecule has 0 N–H and O–H groups in total. The van der Waals surface area contributed by atoms with Crippen LogP contribution in [0.3, 0.4) is 0 Å². The zero-order valence-corrected chi connectivity index (χ0v) is 15.4. The van der Waals surface area contributed by atoms with Crippen LogP contribution in [0.15, 0.2) is 65.1 Å². The predicted molar refractivity (Wildman–Crippen MR) is 104 cm³/mol. The molecule has 0 saturated heterocycles. The Morgan fingerprint density at radius 2 is 1.85 bits per heavy atom. The predicted octanol–water partition coefficient (Wildman–Crippen LogP) is 5.14. The minimum atomic E-state index is -0.141. The molecule has 0 aliphatic heterocycles. The minimum absolute atomic E-state index is 0.141. The van der Waals surface area contributed by atoms with E-state index in [1.807, 2.05) is 61.5 Å². The van der Waals surface area contributed by atoms with E-state index < -0.39 is 0 Å². The number of aromatic nitrogens is 1. The average Bonchev–Trinajstić information content (AvgIpc) is 3.29. The van der Waals surface area contributed by atoms with Gasteiger partial charge in [-0.25, -0.2) is 4.98 Å². The second-order valence-electron chi connectivity index (χ2n) is 6.30.